The van der Waals surface area contributed by atoms with Crippen molar-refractivity contribution in [1.29, 1.82) is 0 Å². The molecule has 146 valence electrons. The smallest absolute Gasteiger partial charge is 0.416 e. The van der Waals surface area contributed by atoms with Crippen molar-refractivity contribution < 1.29 is 35.9 Å². The third-order valence-corrected chi connectivity index (χ3v) is 4.39. The van der Waals surface area contributed by atoms with Gasteiger partial charge in [0.2, 0.25) is 0 Å². The topological polar surface area (TPSA) is 38.3 Å². The summed E-state index contributed by atoms with van der Waals surface area (Å²) in [6.45, 7) is 1.33. The van der Waals surface area contributed by atoms with E-state index in [1.54, 1.807) is 0 Å². The Bertz CT molecular complexity index is 609. The zero-order chi connectivity index (χ0) is 19.5. The highest BCUT2D eigenvalue weighted by atomic mass is 19.4. The van der Waals surface area contributed by atoms with Gasteiger partial charge < -0.3 is 10.1 Å². The number of benzene rings is 1. The van der Waals surface area contributed by atoms with Crippen molar-refractivity contribution in [1.82, 2.24) is 5.32 Å². The minimum absolute atomic E-state index is 0.0106. The SMILES string of the molecule is C[C@H]1CCCC[C@H]1NC(=O)COc1cc(C(F)(F)F)cc(C(F)(F)F)c1. The Labute approximate surface area is 146 Å². The second-order valence-electron chi connectivity index (χ2n) is 6.47. The highest BCUT2D eigenvalue weighted by Crippen LogP contribution is 2.38. The Kier molecular flexibility index (Phi) is 6.08. The van der Waals surface area contributed by atoms with Gasteiger partial charge in [0.15, 0.2) is 6.61 Å². The summed E-state index contributed by atoms with van der Waals surface area (Å²) >= 11 is 0. The van der Waals surface area contributed by atoms with Crippen molar-refractivity contribution in [3.05, 3.63) is 29.3 Å². The molecule has 1 fully saturated rings. The van der Waals surface area contributed by atoms with Gasteiger partial charge in [-0.2, -0.15) is 26.3 Å². The Morgan fingerprint density at radius 3 is 2.08 bits per heavy atom. The summed E-state index contributed by atoms with van der Waals surface area (Å²) in [6, 6.07) is 0.848. The first-order valence-electron chi connectivity index (χ1n) is 8.18. The van der Waals surface area contributed by atoms with Gasteiger partial charge >= 0.3 is 12.4 Å². The van der Waals surface area contributed by atoms with Crippen LogP contribution in [0.3, 0.4) is 0 Å². The van der Waals surface area contributed by atoms with Crippen molar-refractivity contribution in [2.24, 2.45) is 5.92 Å². The Hall–Kier alpha value is -1.93. The zero-order valence-electron chi connectivity index (χ0n) is 14.0. The Balaban J connectivity index is 2.07. The number of hydrogen-bond donors (Lipinski definition) is 1. The molecular formula is C17H19F6NO2. The monoisotopic (exact) mass is 383 g/mol. The van der Waals surface area contributed by atoms with Crippen molar-refractivity contribution in [2.75, 3.05) is 6.61 Å². The predicted molar refractivity (Wildman–Crippen MR) is 81.5 cm³/mol. The summed E-state index contributed by atoms with van der Waals surface area (Å²) in [6.07, 6.45) is -6.16. The van der Waals surface area contributed by atoms with E-state index in [1.165, 1.54) is 0 Å². The molecule has 1 N–H and O–H groups in total. The van der Waals surface area contributed by atoms with Crippen LogP contribution in [-0.4, -0.2) is 18.6 Å². The van der Waals surface area contributed by atoms with Crippen LogP contribution in [0.25, 0.3) is 0 Å². The van der Waals surface area contributed by atoms with Crippen LogP contribution in [0.2, 0.25) is 0 Å². The molecule has 1 aromatic carbocycles. The number of hydrogen-bond acceptors (Lipinski definition) is 2. The van der Waals surface area contributed by atoms with E-state index in [2.05, 4.69) is 5.32 Å². The van der Waals surface area contributed by atoms with E-state index in [0.29, 0.717) is 12.1 Å². The van der Waals surface area contributed by atoms with Gasteiger partial charge in [0.05, 0.1) is 11.1 Å². The predicted octanol–water partition coefficient (Wildman–Crippen LogP) is 4.80. The van der Waals surface area contributed by atoms with Crippen LogP contribution in [0.1, 0.15) is 43.7 Å². The molecule has 1 aromatic rings. The number of nitrogens with one attached hydrogen (secondary N) is 1. The van der Waals surface area contributed by atoms with E-state index in [9.17, 15) is 31.1 Å². The average Bonchev–Trinajstić information content (AvgIpc) is 2.53. The molecule has 2 rings (SSSR count). The van der Waals surface area contributed by atoms with E-state index in [4.69, 9.17) is 4.74 Å². The number of rotatable bonds is 4. The average molecular weight is 383 g/mol. The van der Waals surface area contributed by atoms with E-state index >= 15 is 0 Å². The molecular weight excluding hydrogens is 364 g/mol. The van der Waals surface area contributed by atoms with Gasteiger partial charge in [-0.3, -0.25) is 4.79 Å². The fraction of sp³-hybridized carbons (Fsp3) is 0.588. The van der Waals surface area contributed by atoms with Crippen LogP contribution in [-0.2, 0) is 17.1 Å². The van der Waals surface area contributed by atoms with Crippen molar-refractivity contribution >= 4 is 5.91 Å². The summed E-state index contributed by atoms with van der Waals surface area (Å²) in [5.74, 6) is -0.966. The van der Waals surface area contributed by atoms with Gasteiger partial charge in [0, 0.05) is 6.04 Å². The summed E-state index contributed by atoms with van der Waals surface area (Å²) < 4.78 is 81.6. The molecule has 26 heavy (non-hydrogen) atoms. The molecule has 3 nitrogen and oxygen atoms in total. The molecule has 0 saturated heterocycles. The molecule has 2 atom stereocenters. The normalized spacial score (nSPS) is 21.3. The van der Waals surface area contributed by atoms with E-state index in [0.717, 1.165) is 25.7 Å². The standard InChI is InChI=1S/C17H19F6NO2/c1-10-4-2-3-5-14(10)24-15(25)9-26-13-7-11(16(18,19)20)6-12(8-13)17(21,22)23/h6-8,10,14H,2-5,9H2,1H3,(H,24,25)/t10-,14+/m0/s1. The van der Waals surface area contributed by atoms with Gasteiger partial charge in [0.1, 0.15) is 5.75 Å². The lowest BCUT2D eigenvalue weighted by Crippen LogP contribution is -2.43. The molecule has 0 aromatic heterocycles. The third-order valence-electron chi connectivity index (χ3n) is 4.39. The van der Waals surface area contributed by atoms with Gasteiger partial charge in [-0.1, -0.05) is 19.8 Å². The maximum Gasteiger partial charge on any atom is 0.416 e. The summed E-state index contributed by atoms with van der Waals surface area (Å²) in [4.78, 5) is 11.9. The first-order chi connectivity index (χ1) is 12.0. The molecule has 0 aliphatic heterocycles. The summed E-state index contributed by atoms with van der Waals surface area (Å²) in [5.41, 5.74) is -2.97. The summed E-state index contributed by atoms with van der Waals surface area (Å²) in [5, 5.41) is 2.72. The van der Waals surface area contributed by atoms with Crippen LogP contribution in [0, 0.1) is 5.92 Å². The molecule has 1 saturated carbocycles. The number of carbonyl (C=O) groups is 1. The molecule has 1 amide bonds. The van der Waals surface area contributed by atoms with Crippen molar-refractivity contribution in [3.8, 4) is 5.75 Å². The zero-order valence-corrected chi connectivity index (χ0v) is 14.0. The number of halogens is 6. The minimum atomic E-state index is -4.96. The van der Waals surface area contributed by atoms with Crippen molar-refractivity contribution in [2.45, 2.75) is 51.0 Å². The molecule has 9 heteroatoms. The lowest BCUT2D eigenvalue weighted by Gasteiger charge is -2.29. The quantitative estimate of drug-likeness (QED) is 0.759. The maximum atomic E-state index is 12.8. The fourth-order valence-corrected chi connectivity index (χ4v) is 2.94. The van der Waals surface area contributed by atoms with Gasteiger partial charge in [-0.15, -0.1) is 0 Å². The van der Waals surface area contributed by atoms with Crippen LogP contribution in [0.5, 0.6) is 5.75 Å². The summed E-state index contributed by atoms with van der Waals surface area (Å²) in [7, 11) is 0. The van der Waals surface area contributed by atoms with Gasteiger partial charge in [-0.05, 0) is 37.0 Å². The first kappa shape index (κ1) is 20.4. The van der Waals surface area contributed by atoms with E-state index in [-0.39, 0.29) is 18.0 Å². The van der Waals surface area contributed by atoms with Gasteiger partial charge in [0.25, 0.3) is 5.91 Å². The Morgan fingerprint density at radius 2 is 1.58 bits per heavy atom. The number of amides is 1. The molecule has 1 aliphatic carbocycles. The number of carbonyl (C=O) groups excluding carboxylic acids is 1. The molecule has 0 unspecified atom stereocenters. The molecule has 0 spiro atoms. The third kappa shape index (κ3) is 5.54. The first-order valence-corrected chi connectivity index (χ1v) is 8.18. The largest absolute Gasteiger partial charge is 0.484 e. The number of alkyl halides is 6. The minimum Gasteiger partial charge on any atom is -0.484 e. The fourth-order valence-electron chi connectivity index (χ4n) is 2.94. The second-order valence-corrected chi connectivity index (χ2v) is 6.47. The number of ether oxygens (including phenoxy) is 1. The molecule has 0 heterocycles. The highest BCUT2D eigenvalue weighted by Gasteiger charge is 2.37. The molecule has 0 bridgehead atoms. The lowest BCUT2D eigenvalue weighted by molar-refractivity contribution is -0.143. The van der Waals surface area contributed by atoms with E-state index in [1.807, 2.05) is 6.92 Å². The lowest BCUT2D eigenvalue weighted by atomic mass is 9.86. The van der Waals surface area contributed by atoms with E-state index < -0.39 is 41.7 Å². The van der Waals surface area contributed by atoms with Crippen molar-refractivity contribution in [3.63, 3.8) is 0 Å². The molecule has 1 aliphatic rings. The van der Waals surface area contributed by atoms with Crippen LogP contribution in [0.15, 0.2) is 18.2 Å². The molecule has 0 radical (unpaired) electrons. The van der Waals surface area contributed by atoms with Crippen LogP contribution in [0.4, 0.5) is 26.3 Å². The second kappa shape index (κ2) is 7.75. The van der Waals surface area contributed by atoms with Gasteiger partial charge in [-0.25, -0.2) is 0 Å². The van der Waals surface area contributed by atoms with Crippen LogP contribution >= 0.6 is 0 Å². The maximum absolute atomic E-state index is 12.8. The van der Waals surface area contributed by atoms with Crippen LogP contribution < -0.4 is 10.1 Å². The highest BCUT2D eigenvalue weighted by molar-refractivity contribution is 5.77. The Morgan fingerprint density at radius 1 is 1.04 bits per heavy atom.